The fourth-order valence-corrected chi connectivity index (χ4v) is 10.3. The highest BCUT2D eigenvalue weighted by molar-refractivity contribution is 9.10. The molecule has 0 atom stereocenters. The van der Waals surface area contributed by atoms with Crippen molar-refractivity contribution in [2.24, 2.45) is 0 Å². The summed E-state index contributed by atoms with van der Waals surface area (Å²) >= 11 is 6.98. The van der Waals surface area contributed by atoms with Gasteiger partial charge in [0.1, 0.15) is 0 Å². The molecule has 86 heavy (non-hydrogen) atoms. The molecule has 0 unspecified atom stereocenters. The van der Waals surface area contributed by atoms with Crippen molar-refractivity contribution < 1.29 is 37.2 Å². The van der Waals surface area contributed by atoms with Crippen LogP contribution in [0.3, 0.4) is 0 Å². The molecule has 2 aromatic heterocycles. The van der Waals surface area contributed by atoms with Crippen LogP contribution < -0.4 is 10.9 Å². The summed E-state index contributed by atoms with van der Waals surface area (Å²) in [5.41, 5.74) is 8.53. The van der Waals surface area contributed by atoms with E-state index in [0.717, 1.165) is 81.9 Å². The van der Waals surface area contributed by atoms with Crippen molar-refractivity contribution in [2.45, 2.75) is 156 Å². The summed E-state index contributed by atoms with van der Waals surface area (Å²) in [4.78, 5) is 19.6. The van der Waals surface area contributed by atoms with Crippen LogP contribution in [-0.2, 0) is 37.2 Å². The number of aromatic nitrogens is 4. The molecule has 0 amide bonds. The summed E-state index contributed by atoms with van der Waals surface area (Å²) in [5.74, 6) is 1.40. The Hall–Kier alpha value is -5.62. The highest BCUT2D eigenvalue weighted by atomic mass is 79.9. The topological polar surface area (TPSA) is 125 Å². The Kier molecular flexibility index (Phi) is 17.7. The molecule has 4 saturated heterocycles. The predicted octanol–water partition coefficient (Wildman–Crippen LogP) is 15.3. The summed E-state index contributed by atoms with van der Waals surface area (Å²) in [6, 6.07) is 57.1. The zero-order chi connectivity index (χ0) is 61.8. The molecule has 6 heterocycles. The molecule has 0 bridgehead atoms. The van der Waals surface area contributed by atoms with E-state index < -0.39 is 28.3 Å². The van der Waals surface area contributed by atoms with Crippen molar-refractivity contribution in [1.82, 2.24) is 19.9 Å². The molecule has 0 N–H and O–H groups in total. The van der Waals surface area contributed by atoms with Gasteiger partial charge in [0.15, 0.2) is 11.6 Å². The maximum absolute atomic E-state index is 6.25. The van der Waals surface area contributed by atoms with Gasteiger partial charge in [0.25, 0.3) is 0 Å². The van der Waals surface area contributed by atoms with Crippen LogP contribution in [0.1, 0.15) is 111 Å². The van der Waals surface area contributed by atoms with Gasteiger partial charge in [-0.3, -0.25) is 0 Å². The van der Waals surface area contributed by atoms with E-state index in [1.54, 1.807) is 0 Å². The minimum absolute atomic E-state index is 0.360. The van der Waals surface area contributed by atoms with Crippen LogP contribution in [0.15, 0.2) is 179 Å². The van der Waals surface area contributed by atoms with Gasteiger partial charge in [-0.1, -0.05) is 165 Å². The van der Waals surface area contributed by atoms with Crippen LogP contribution in [0.2, 0.25) is 0 Å². The highest BCUT2D eigenvalue weighted by Gasteiger charge is 2.64. The molecule has 4 aliphatic rings. The Balaban J connectivity index is 0.000000158. The van der Waals surface area contributed by atoms with Crippen LogP contribution >= 0.6 is 31.9 Å². The van der Waals surface area contributed by atoms with Gasteiger partial charge in [-0.25, -0.2) is 19.9 Å². The van der Waals surface area contributed by atoms with E-state index in [1.165, 1.54) is 0 Å². The van der Waals surface area contributed by atoms with Crippen LogP contribution in [0.5, 0.6) is 0 Å². The van der Waals surface area contributed by atoms with Gasteiger partial charge in [-0.05, 0) is 158 Å². The molecule has 0 aliphatic carbocycles. The summed E-state index contributed by atoms with van der Waals surface area (Å²) in [7, 11) is -1.77. The van der Waals surface area contributed by atoms with Crippen LogP contribution in [-0.4, -0.2) is 93.0 Å². The minimum Gasteiger partial charge on any atom is -0.405 e. The molecular weight excluding hydrogens is 1200 g/mol. The number of hydrogen-bond donors (Lipinski definition) is 0. The second-order valence-corrected chi connectivity index (χ2v) is 28.2. The van der Waals surface area contributed by atoms with Crippen molar-refractivity contribution in [3.63, 3.8) is 0 Å². The number of benzene rings is 6. The van der Waals surface area contributed by atoms with Crippen molar-refractivity contribution >= 4 is 71.0 Å². The lowest BCUT2D eigenvalue weighted by Crippen LogP contribution is -2.41. The number of rotatable bonds is 9. The van der Waals surface area contributed by atoms with Crippen molar-refractivity contribution in [1.29, 1.82) is 0 Å². The average Bonchev–Trinajstić information content (AvgIpc) is 1.96. The molecule has 442 valence electrons. The van der Waals surface area contributed by atoms with Gasteiger partial charge in [0.2, 0.25) is 0 Å². The molecule has 4 fully saturated rings. The van der Waals surface area contributed by atoms with Gasteiger partial charge in [-0.15, -0.1) is 0 Å². The first kappa shape index (κ1) is 63.4. The Morgan fingerprint density at radius 2 is 0.488 bits per heavy atom. The fourth-order valence-electron chi connectivity index (χ4n) is 9.74. The first-order chi connectivity index (χ1) is 40.3. The second kappa shape index (κ2) is 24.1. The first-order valence-electron chi connectivity index (χ1n) is 29.4. The summed E-state index contributed by atoms with van der Waals surface area (Å²) < 4.78 is 51.0. The lowest BCUT2D eigenvalue weighted by molar-refractivity contribution is 0.00578. The Bertz CT molecular complexity index is 3410. The lowest BCUT2D eigenvalue weighted by Gasteiger charge is -2.32. The molecule has 8 aromatic rings. The predicted molar refractivity (Wildman–Crippen MR) is 356 cm³/mol. The smallest absolute Gasteiger partial charge is 0.405 e. The standard InChI is InChI=1S/C34H38B2N2O4.C22H14Br2N2.C12H24B2O4/c1-31(2)32(3,4)40-35(39-31)26-18-14-23(15-19-26)28-22-29(38-30(37-28)25-12-10-9-11-13-25)24-16-20-27(21-17-24)36-41-33(5,6)34(7,8)42-36;23-18-10-6-15(7-11-18)20-14-21(16-8-12-19(24)13-9-16)26-22(25-20)17-4-2-1-3-5-17;1-9(2)10(3,4)16-13(15-9)14-17-11(5,6)12(7,8)18-14/h9-22H,1-8H3;1-14H;1-8H3. The van der Waals surface area contributed by atoms with E-state index in [-0.39, 0.29) is 44.8 Å². The third-order valence-corrected chi connectivity index (χ3v) is 19.1. The molecule has 4 aliphatic heterocycles. The summed E-state index contributed by atoms with van der Waals surface area (Å²) in [5, 5.41) is 0. The van der Waals surface area contributed by atoms with Gasteiger partial charge in [0.05, 0.1) is 67.6 Å². The molecule has 0 radical (unpaired) electrons. The van der Waals surface area contributed by atoms with E-state index in [1.807, 2.05) is 152 Å². The molecule has 6 aromatic carbocycles. The monoisotopic (exact) mass is 1280 g/mol. The molecule has 12 rings (SSSR count). The highest BCUT2D eigenvalue weighted by Crippen LogP contribution is 2.44. The zero-order valence-electron chi connectivity index (χ0n) is 52.3. The van der Waals surface area contributed by atoms with Crippen LogP contribution in [0, 0.1) is 0 Å². The Labute approximate surface area is 527 Å². The quantitative estimate of drug-likeness (QED) is 0.128. The largest absolute Gasteiger partial charge is 0.494 e. The number of hydrogen-bond acceptors (Lipinski definition) is 12. The molecular formula is C68H76B4Br2N4O8. The van der Waals surface area contributed by atoms with Gasteiger partial charge < -0.3 is 37.2 Å². The number of nitrogens with zero attached hydrogens (tertiary/aromatic N) is 4. The summed E-state index contributed by atoms with van der Waals surface area (Å²) in [6.45, 7) is 32.7. The lowest BCUT2D eigenvalue weighted by atomic mass is 9.49. The normalized spacial score (nSPS) is 19.8. The van der Waals surface area contributed by atoms with E-state index in [4.69, 9.17) is 57.2 Å². The maximum atomic E-state index is 6.25. The minimum atomic E-state index is -0.476. The van der Waals surface area contributed by atoms with Crippen LogP contribution in [0.25, 0.3) is 67.8 Å². The molecule has 12 nitrogen and oxygen atoms in total. The first-order valence-corrected chi connectivity index (χ1v) is 30.9. The van der Waals surface area contributed by atoms with E-state index in [0.29, 0.717) is 5.82 Å². The fraction of sp³-hybridized carbons (Fsp3) is 0.353. The Morgan fingerprint density at radius 1 is 0.267 bits per heavy atom. The van der Waals surface area contributed by atoms with Crippen molar-refractivity contribution in [3.05, 3.63) is 179 Å². The molecule has 0 saturated carbocycles. The van der Waals surface area contributed by atoms with E-state index >= 15 is 0 Å². The summed E-state index contributed by atoms with van der Waals surface area (Å²) in [6.07, 6.45) is 0. The third kappa shape index (κ3) is 13.5. The van der Waals surface area contributed by atoms with Gasteiger partial charge in [0, 0.05) is 42.3 Å². The third-order valence-electron chi connectivity index (χ3n) is 18.0. The van der Waals surface area contributed by atoms with Crippen molar-refractivity contribution in [2.75, 3.05) is 0 Å². The second-order valence-electron chi connectivity index (χ2n) is 26.3. The SMILES string of the molecule is Brc1ccc(-c2cc(-c3ccc(Br)cc3)nc(-c3ccccc3)n2)cc1.CC1(C)OB(B2OC(C)(C)C(C)(C)O2)OC1(C)C.CC1(C)OB(c2ccc(-c3cc(-c4ccc(B5OC(C)(C)C(C)(C)O5)cc4)nc(-c4ccccc4)n3)cc2)OC1(C)C. The zero-order valence-corrected chi connectivity index (χ0v) is 55.5. The molecule has 0 spiro atoms. The van der Waals surface area contributed by atoms with E-state index in [9.17, 15) is 0 Å². The Morgan fingerprint density at radius 3 is 0.733 bits per heavy atom. The average molecular weight is 1280 g/mol. The van der Waals surface area contributed by atoms with E-state index in [2.05, 4.69) is 160 Å². The van der Waals surface area contributed by atoms with Crippen molar-refractivity contribution in [3.8, 4) is 67.8 Å². The molecule has 18 heteroatoms. The van der Waals surface area contributed by atoms with Gasteiger partial charge >= 0.3 is 28.3 Å². The number of halogens is 2. The maximum Gasteiger partial charge on any atom is 0.494 e. The van der Waals surface area contributed by atoms with Crippen LogP contribution in [0.4, 0.5) is 0 Å². The van der Waals surface area contributed by atoms with Gasteiger partial charge in [-0.2, -0.15) is 0 Å².